The lowest BCUT2D eigenvalue weighted by atomic mass is 9.84. The highest BCUT2D eigenvalue weighted by Gasteiger charge is 2.19. The van der Waals surface area contributed by atoms with Gasteiger partial charge in [-0.2, -0.15) is 0 Å². The zero-order valence-electron chi connectivity index (χ0n) is 15.7. The van der Waals surface area contributed by atoms with Crippen LogP contribution in [0.1, 0.15) is 53.9 Å². The van der Waals surface area contributed by atoms with Crippen molar-refractivity contribution in [2.24, 2.45) is 0 Å². The van der Waals surface area contributed by atoms with E-state index in [1.54, 1.807) is 6.20 Å². The number of morpholine rings is 1. The number of nitrogens with one attached hydrogen (secondary N) is 1. The Labute approximate surface area is 160 Å². The number of pyridine rings is 1. The lowest BCUT2D eigenvalue weighted by Gasteiger charge is -2.29. The van der Waals surface area contributed by atoms with Crippen molar-refractivity contribution < 1.29 is 9.53 Å². The monoisotopic (exact) mass is 365 g/mol. The topological polar surface area (TPSA) is 54.5 Å². The summed E-state index contributed by atoms with van der Waals surface area (Å²) >= 11 is 0. The Morgan fingerprint density at radius 2 is 1.78 bits per heavy atom. The summed E-state index contributed by atoms with van der Waals surface area (Å²) in [7, 11) is 0. The van der Waals surface area contributed by atoms with E-state index in [4.69, 9.17) is 4.74 Å². The predicted octanol–water partition coefficient (Wildman–Crippen LogP) is 4.22. The average Bonchev–Trinajstić information content (AvgIpc) is 2.75. The number of rotatable bonds is 4. The van der Waals surface area contributed by atoms with Gasteiger partial charge in [-0.1, -0.05) is 31.4 Å². The first-order valence-corrected chi connectivity index (χ1v) is 10.0. The van der Waals surface area contributed by atoms with Crippen LogP contribution < -0.4 is 10.2 Å². The lowest BCUT2D eigenvalue weighted by molar-refractivity contribution is 0.102. The maximum absolute atomic E-state index is 12.8. The molecule has 27 heavy (non-hydrogen) atoms. The number of aromatic nitrogens is 1. The highest BCUT2D eigenvalue weighted by atomic mass is 16.5. The van der Waals surface area contributed by atoms with Crippen LogP contribution >= 0.6 is 0 Å². The van der Waals surface area contributed by atoms with E-state index >= 15 is 0 Å². The van der Waals surface area contributed by atoms with Crippen molar-refractivity contribution in [3.8, 4) is 0 Å². The molecule has 2 aromatic rings. The molecule has 1 saturated carbocycles. The molecule has 1 saturated heterocycles. The molecule has 1 N–H and O–H groups in total. The molecule has 1 aromatic heterocycles. The average molecular weight is 365 g/mol. The van der Waals surface area contributed by atoms with Gasteiger partial charge < -0.3 is 15.0 Å². The lowest BCUT2D eigenvalue weighted by Crippen LogP contribution is -2.37. The summed E-state index contributed by atoms with van der Waals surface area (Å²) in [5.74, 6) is 1.38. The Kier molecular flexibility index (Phi) is 5.68. The van der Waals surface area contributed by atoms with Crippen LogP contribution in [0.2, 0.25) is 0 Å². The molecule has 0 bridgehead atoms. The zero-order valence-corrected chi connectivity index (χ0v) is 15.7. The number of carbonyl (C=O) groups is 1. The number of anilines is 2. The number of carbonyl (C=O) groups excluding carboxylic acids is 1. The molecule has 4 rings (SSSR count). The molecule has 2 heterocycles. The summed E-state index contributed by atoms with van der Waals surface area (Å²) in [5, 5.41) is 3.04. The van der Waals surface area contributed by atoms with E-state index in [9.17, 15) is 4.79 Å². The number of hydrogen-bond acceptors (Lipinski definition) is 4. The standard InChI is InChI=1S/C22H27N3O2/c26-22(19-10-8-18(9-11-19)17-5-2-1-3-6-17)24-20-7-4-12-23-21(20)25-13-15-27-16-14-25/h4,7-12,17H,1-3,5-6,13-16H2,(H,24,26). The van der Waals surface area contributed by atoms with E-state index < -0.39 is 0 Å². The number of ether oxygens (including phenoxy) is 1. The molecule has 1 aliphatic heterocycles. The smallest absolute Gasteiger partial charge is 0.255 e. The molecule has 0 atom stereocenters. The van der Waals surface area contributed by atoms with Crippen LogP contribution in [0.3, 0.4) is 0 Å². The van der Waals surface area contributed by atoms with Gasteiger partial charge in [0.05, 0.1) is 18.9 Å². The van der Waals surface area contributed by atoms with Crippen LogP contribution in [0.4, 0.5) is 11.5 Å². The fourth-order valence-corrected chi connectivity index (χ4v) is 4.06. The minimum Gasteiger partial charge on any atom is -0.378 e. The molecule has 142 valence electrons. The maximum atomic E-state index is 12.8. The third-order valence-electron chi connectivity index (χ3n) is 5.59. The first-order chi connectivity index (χ1) is 13.3. The van der Waals surface area contributed by atoms with Gasteiger partial charge in [-0.3, -0.25) is 4.79 Å². The molecule has 0 radical (unpaired) electrons. The Hall–Kier alpha value is -2.40. The fourth-order valence-electron chi connectivity index (χ4n) is 4.06. The summed E-state index contributed by atoms with van der Waals surface area (Å²) in [6, 6.07) is 11.9. The fraction of sp³-hybridized carbons (Fsp3) is 0.455. The molecule has 0 unspecified atom stereocenters. The minimum atomic E-state index is -0.0901. The Morgan fingerprint density at radius 1 is 1.04 bits per heavy atom. The van der Waals surface area contributed by atoms with Gasteiger partial charge >= 0.3 is 0 Å². The third kappa shape index (κ3) is 4.30. The second kappa shape index (κ2) is 8.53. The summed E-state index contributed by atoms with van der Waals surface area (Å²) in [5.41, 5.74) is 2.80. The van der Waals surface area contributed by atoms with Gasteiger partial charge in [0.15, 0.2) is 5.82 Å². The van der Waals surface area contributed by atoms with E-state index in [0.717, 1.165) is 24.6 Å². The van der Waals surface area contributed by atoms with Gasteiger partial charge in [-0.05, 0) is 48.6 Å². The molecule has 1 amide bonds. The summed E-state index contributed by atoms with van der Waals surface area (Å²) in [6.45, 7) is 2.95. The summed E-state index contributed by atoms with van der Waals surface area (Å²) in [6.07, 6.45) is 8.29. The SMILES string of the molecule is O=C(Nc1cccnc1N1CCOCC1)c1ccc(C2CCCCC2)cc1. The van der Waals surface area contributed by atoms with Crippen molar-refractivity contribution in [2.45, 2.75) is 38.0 Å². The number of benzene rings is 1. The van der Waals surface area contributed by atoms with Gasteiger partial charge in [-0.15, -0.1) is 0 Å². The molecule has 5 nitrogen and oxygen atoms in total. The van der Waals surface area contributed by atoms with Crippen LogP contribution in [0.15, 0.2) is 42.6 Å². The second-order valence-electron chi connectivity index (χ2n) is 7.39. The highest BCUT2D eigenvalue weighted by Crippen LogP contribution is 2.32. The van der Waals surface area contributed by atoms with Crippen LogP contribution in [-0.4, -0.2) is 37.2 Å². The first-order valence-electron chi connectivity index (χ1n) is 10.0. The van der Waals surface area contributed by atoms with E-state index in [1.165, 1.54) is 37.7 Å². The van der Waals surface area contributed by atoms with Crippen LogP contribution in [0.25, 0.3) is 0 Å². The largest absolute Gasteiger partial charge is 0.378 e. The normalized spacial score (nSPS) is 18.3. The number of nitrogens with zero attached hydrogens (tertiary/aromatic N) is 2. The number of amides is 1. The molecule has 1 aromatic carbocycles. The van der Waals surface area contributed by atoms with Crippen molar-refractivity contribution in [3.05, 3.63) is 53.7 Å². The molecule has 2 aliphatic rings. The van der Waals surface area contributed by atoms with E-state index in [2.05, 4.69) is 27.3 Å². The van der Waals surface area contributed by atoms with Crippen LogP contribution in [0, 0.1) is 0 Å². The van der Waals surface area contributed by atoms with Gasteiger partial charge in [0.2, 0.25) is 0 Å². The van der Waals surface area contributed by atoms with Crippen molar-refractivity contribution in [2.75, 3.05) is 36.5 Å². The van der Waals surface area contributed by atoms with Gasteiger partial charge in [0.1, 0.15) is 0 Å². The molecule has 0 spiro atoms. The van der Waals surface area contributed by atoms with E-state index in [-0.39, 0.29) is 5.91 Å². The predicted molar refractivity (Wildman–Crippen MR) is 107 cm³/mol. The maximum Gasteiger partial charge on any atom is 0.255 e. The van der Waals surface area contributed by atoms with Gasteiger partial charge in [0, 0.05) is 24.8 Å². The second-order valence-corrected chi connectivity index (χ2v) is 7.39. The van der Waals surface area contributed by atoms with Crippen molar-refractivity contribution in [3.63, 3.8) is 0 Å². The quantitative estimate of drug-likeness (QED) is 0.881. The van der Waals surface area contributed by atoms with Crippen LogP contribution in [-0.2, 0) is 4.74 Å². The highest BCUT2D eigenvalue weighted by molar-refractivity contribution is 6.05. The van der Waals surface area contributed by atoms with Crippen molar-refractivity contribution in [1.82, 2.24) is 4.98 Å². The Bertz CT molecular complexity index is 763. The minimum absolute atomic E-state index is 0.0901. The molecule has 2 fully saturated rings. The third-order valence-corrected chi connectivity index (χ3v) is 5.59. The Morgan fingerprint density at radius 3 is 2.52 bits per heavy atom. The summed E-state index contributed by atoms with van der Waals surface area (Å²) in [4.78, 5) is 19.4. The molecular formula is C22H27N3O2. The summed E-state index contributed by atoms with van der Waals surface area (Å²) < 4.78 is 5.42. The molecule has 1 aliphatic carbocycles. The Balaban J connectivity index is 1.46. The van der Waals surface area contributed by atoms with Crippen LogP contribution in [0.5, 0.6) is 0 Å². The van der Waals surface area contributed by atoms with Gasteiger partial charge in [-0.25, -0.2) is 4.98 Å². The van der Waals surface area contributed by atoms with E-state index in [0.29, 0.717) is 24.7 Å². The van der Waals surface area contributed by atoms with E-state index in [1.807, 2.05) is 24.3 Å². The molecule has 5 heteroatoms. The first kappa shape index (κ1) is 18.0. The zero-order chi connectivity index (χ0) is 18.5. The number of hydrogen-bond donors (Lipinski definition) is 1. The van der Waals surface area contributed by atoms with Crippen molar-refractivity contribution >= 4 is 17.4 Å². The molecular weight excluding hydrogens is 338 g/mol. The van der Waals surface area contributed by atoms with Crippen molar-refractivity contribution in [1.29, 1.82) is 0 Å². The van der Waals surface area contributed by atoms with Gasteiger partial charge in [0.25, 0.3) is 5.91 Å².